The van der Waals surface area contributed by atoms with Crippen LogP contribution in [0.3, 0.4) is 0 Å². The maximum absolute atomic E-state index is 5.15. The molecule has 4 aromatic heterocycles. The van der Waals surface area contributed by atoms with E-state index in [1.54, 1.807) is 6.20 Å². The molecule has 0 spiro atoms. The van der Waals surface area contributed by atoms with E-state index in [9.17, 15) is 0 Å². The van der Waals surface area contributed by atoms with E-state index in [1.165, 1.54) is 65.9 Å². The zero-order valence-electron chi connectivity index (χ0n) is 35.3. The number of pyridine rings is 1. The second-order valence-electron chi connectivity index (χ2n) is 16.7. The highest BCUT2D eigenvalue weighted by Crippen LogP contribution is 2.39. The molecule has 13 aromatic rings. The average molecular weight is 830 g/mol. The van der Waals surface area contributed by atoms with Gasteiger partial charge in [-0.1, -0.05) is 133 Å². The van der Waals surface area contributed by atoms with Crippen molar-refractivity contribution in [3.8, 4) is 61.8 Å². The number of aromatic nitrogens is 5. The van der Waals surface area contributed by atoms with Gasteiger partial charge in [0.05, 0.1) is 33.1 Å². The normalized spacial score (nSPS) is 11.7. The molecule has 0 aliphatic heterocycles. The summed E-state index contributed by atoms with van der Waals surface area (Å²) in [6.07, 6.45) is 3.70. The quantitative estimate of drug-likeness (QED) is 0.161. The minimum atomic E-state index is 0.904. The van der Waals surface area contributed by atoms with Gasteiger partial charge in [0.15, 0.2) is 0 Å². The largest absolute Gasteiger partial charge is 0.309 e. The molecular formula is C60H39N5. The summed E-state index contributed by atoms with van der Waals surface area (Å²) in [6.45, 7) is 0. The number of imidazole rings is 1. The maximum atomic E-state index is 5.15. The van der Waals surface area contributed by atoms with Crippen molar-refractivity contribution in [3.63, 3.8) is 0 Å². The van der Waals surface area contributed by atoms with Crippen molar-refractivity contribution < 1.29 is 0 Å². The molecule has 0 unspecified atom stereocenters. The number of para-hydroxylation sites is 4. The molecule has 5 nitrogen and oxygen atoms in total. The summed E-state index contributed by atoms with van der Waals surface area (Å²) in [4.78, 5) is 9.47. The van der Waals surface area contributed by atoms with Gasteiger partial charge in [-0.2, -0.15) is 0 Å². The van der Waals surface area contributed by atoms with Crippen molar-refractivity contribution in [2.75, 3.05) is 0 Å². The number of nitrogens with zero attached hydrogens (tertiary/aromatic N) is 5. The summed E-state index contributed by atoms with van der Waals surface area (Å²) < 4.78 is 7.05. The first-order valence-electron chi connectivity index (χ1n) is 22.1. The third kappa shape index (κ3) is 6.09. The van der Waals surface area contributed by atoms with Crippen molar-refractivity contribution >= 4 is 54.6 Å². The molecule has 0 amide bonds. The first kappa shape index (κ1) is 36.8. The molecule has 4 heterocycles. The Morgan fingerprint density at radius 3 is 1.31 bits per heavy atom. The Hall–Kier alpha value is -8.80. The molecular weight excluding hydrogens is 791 g/mol. The molecule has 304 valence electrons. The van der Waals surface area contributed by atoms with Gasteiger partial charge < -0.3 is 9.13 Å². The van der Waals surface area contributed by atoms with Gasteiger partial charge in [0.25, 0.3) is 0 Å². The lowest BCUT2D eigenvalue weighted by Gasteiger charge is -2.13. The highest BCUT2D eigenvalue weighted by atomic mass is 15.1. The maximum Gasteiger partial charge on any atom is 0.145 e. The van der Waals surface area contributed by atoms with E-state index in [0.29, 0.717) is 0 Å². The van der Waals surface area contributed by atoms with Gasteiger partial charge in [0.1, 0.15) is 5.82 Å². The zero-order valence-corrected chi connectivity index (χ0v) is 35.3. The first-order chi connectivity index (χ1) is 32.2. The standard InChI is InChI=1S/C60H39N5/c1-2-11-40(12-3-1)41-24-28-47(29-25-41)63-55-17-7-4-14-50(55)52-37-44(26-34-57(52)63)45-27-35-58-53(38-45)51-15-5-8-18-56(51)64(58)48-30-32-49(33-31-48)65-59-19-9-6-16-54(59)62-60(65)43-22-20-42(21-23-43)46-13-10-36-61-39-46/h1-39H. The summed E-state index contributed by atoms with van der Waals surface area (Å²) in [5.41, 5.74) is 18.1. The molecule has 13 rings (SSSR count). The number of hydrogen-bond donors (Lipinski definition) is 0. The van der Waals surface area contributed by atoms with Gasteiger partial charge in [-0.25, -0.2) is 4.98 Å². The van der Waals surface area contributed by atoms with E-state index in [-0.39, 0.29) is 0 Å². The van der Waals surface area contributed by atoms with E-state index in [2.05, 4.69) is 237 Å². The Labute approximate surface area is 375 Å². The molecule has 0 saturated carbocycles. The summed E-state index contributed by atoms with van der Waals surface area (Å²) in [5, 5.41) is 4.93. The van der Waals surface area contributed by atoms with Crippen LogP contribution in [0.4, 0.5) is 0 Å². The molecule has 0 aliphatic carbocycles. The van der Waals surface area contributed by atoms with Crippen LogP contribution in [0.25, 0.3) is 116 Å². The van der Waals surface area contributed by atoms with E-state index >= 15 is 0 Å². The van der Waals surface area contributed by atoms with Crippen LogP contribution >= 0.6 is 0 Å². The zero-order chi connectivity index (χ0) is 42.8. The Morgan fingerprint density at radius 2 is 0.708 bits per heavy atom. The molecule has 0 radical (unpaired) electrons. The van der Waals surface area contributed by atoms with Gasteiger partial charge in [0, 0.05) is 56.6 Å². The van der Waals surface area contributed by atoms with Gasteiger partial charge in [-0.05, 0) is 124 Å². The molecule has 5 heteroatoms. The Morgan fingerprint density at radius 1 is 0.277 bits per heavy atom. The second kappa shape index (κ2) is 14.9. The minimum absolute atomic E-state index is 0.904. The molecule has 65 heavy (non-hydrogen) atoms. The fourth-order valence-corrected chi connectivity index (χ4v) is 9.87. The number of rotatable bonds is 7. The summed E-state index contributed by atoms with van der Waals surface area (Å²) >= 11 is 0. The Bertz CT molecular complexity index is 3900. The molecule has 0 bridgehead atoms. The van der Waals surface area contributed by atoms with E-state index < -0.39 is 0 Å². The highest BCUT2D eigenvalue weighted by molar-refractivity contribution is 6.12. The predicted molar refractivity (Wildman–Crippen MR) is 269 cm³/mol. The molecule has 9 aromatic carbocycles. The topological polar surface area (TPSA) is 40.6 Å². The lowest BCUT2D eigenvalue weighted by molar-refractivity contribution is 1.09. The van der Waals surface area contributed by atoms with Crippen molar-refractivity contribution in [2.45, 2.75) is 0 Å². The van der Waals surface area contributed by atoms with Crippen molar-refractivity contribution in [3.05, 3.63) is 237 Å². The number of fused-ring (bicyclic) bond motifs is 7. The van der Waals surface area contributed by atoms with Crippen LogP contribution in [0.15, 0.2) is 237 Å². The van der Waals surface area contributed by atoms with E-state index in [4.69, 9.17) is 4.98 Å². The van der Waals surface area contributed by atoms with Crippen LogP contribution in [0, 0.1) is 0 Å². The van der Waals surface area contributed by atoms with Crippen LogP contribution < -0.4 is 0 Å². The van der Waals surface area contributed by atoms with Crippen LogP contribution in [0.2, 0.25) is 0 Å². The summed E-state index contributed by atoms with van der Waals surface area (Å²) in [5.74, 6) is 0.904. The minimum Gasteiger partial charge on any atom is -0.309 e. The highest BCUT2D eigenvalue weighted by Gasteiger charge is 2.18. The van der Waals surface area contributed by atoms with Crippen molar-refractivity contribution in [2.24, 2.45) is 0 Å². The lowest BCUT2D eigenvalue weighted by atomic mass is 10.0. The third-order valence-corrected chi connectivity index (χ3v) is 13.0. The monoisotopic (exact) mass is 829 g/mol. The van der Waals surface area contributed by atoms with Crippen LogP contribution in [-0.4, -0.2) is 23.7 Å². The van der Waals surface area contributed by atoms with Gasteiger partial charge in [0.2, 0.25) is 0 Å². The molecule has 0 aliphatic rings. The van der Waals surface area contributed by atoms with Crippen molar-refractivity contribution in [1.29, 1.82) is 0 Å². The predicted octanol–water partition coefficient (Wildman–Crippen LogP) is 15.3. The third-order valence-electron chi connectivity index (χ3n) is 13.0. The van der Waals surface area contributed by atoms with Gasteiger partial charge in [-0.15, -0.1) is 0 Å². The smallest absolute Gasteiger partial charge is 0.145 e. The van der Waals surface area contributed by atoms with Crippen LogP contribution in [0.5, 0.6) is 0 Å². The van der Waals surface area contributed by atoms with Crippen LogP contribution in [0.1, 0.15) is 0 Å². The average Bonchev–Trinajstić information content (AvgIpc) is 4.05. The molecule has 0 N–H and O–H groups in total. The van der Waals surface area contributed by atoms with Gasteiger partial charge >= 0.3 is 0 Å². The van der Waals surface area contributed by atoms with E-state index in [1.807, 2.05) is 12.3 Å². The van der Waals surface area contributed by atoms with Crippen molar-refractivity contribution in [1.82, 2.24) is 23.7 Å². The number of benzene rings is 9. The summed E-state index contributed by atoms with van der Waals surface area (Å²) in [7, 11) is 0. The second-order valence-corrected chi connectivity index (χ2v) is 16.7. The fraction of sp³-hybridized carbons (Fsp3) is 0. The number of hydrogen-bond acceptors (Lipinski definition) is 2. The lowest BCUT2D eigenvalue weighted by Crippen LogP contribution is -1.99. The molecule has 0 fully saturated rings. The van der Waals surface area contributed by atoms with E-state index in [0.717, 1.165) is 50.6 Å². The Balaban J connectivity index is 0.878. The van der Waals surface area contributed by atoms with Crippen LogP contribution in [-0.2, 0) is 0 Å². The fourth-order valence-electron chi connectivity index (χ4n) is 9.87. The van der Waals surface area contributed by atoms with Gasteiger partial charge in [-0.3, -0.25) is 9.55 Å². The Kier molecular flexibility index (Phi) is 8.46. The molecule has 0 atom stereocenters. The molecule has 0 saturated heterocycles. The first-order valence-corrected chi connectivity index (χ1v) is 22.1. The SMILES string of the molecule is c1ccc(-c2ccc(-n3c4ccccc4c4cc(-c5ccc6c(c5)c5ccccc5n6-c5ccc(-n6c(-c7ccc(-c8cccnc8)cc7)nc7ccccc76)cc5)ccc43)cc2)cc1. The summed E-state index contributed by atoms with van der Waals surface area (Å²) in [6, 6.07) is 80.8.